The van der Waals surface area contributed by atoms with E-state index in [1.165, 1.54) is 4.57 Å². The van der Waals surface area contributed by atoms with Gasteiger partial charge in [0.1, 0.15) is 0 Å². The first-order chi connectivity index (χ1) is 8.27. The normalized spacial score (nSPS) is 10.6. The Hall–Kier alpha value is -1.94. The zero-order valence-corrected chi connectivity index (χ0v) is 9.30. The van der Waals surface area contributed by atoms with Crippen LogP contribution < -0.4 is 0 Å². The molecular weight excluding hydrogens is 218 g/mol. The summed E-state index contributed by atoms with van der Waals surface area (Å²) in [7, 11) is 0. The molecule has 0 saturated heterocycles. The van der Waals surface area contributed by atoms with Crippen LogP contribution >= 0.6 is 0 Å². The van der Waals surface area contributed by atoms with E-state index in [1.807, 2.05) is 18.2 Å². The van der Waals surface area contributed by atoms with Crippen molar-refractivity contribution in [1.29, 1.82) is 0 Å². The molecule has 17 heavy (non-hydrogen) atoms. The average molecular weight is 231 g/mol. The lowest BCUT2D eigenvalue weighted by molar-refractivity contribution is 0.0896. The van der Waals surface area contributed by atoms with Gasteiger partial charge in [-0.25, -0.2) is 0 Å². The molecule has 0 fully saturated rings. The van der Waals surface area contributed by atoms with Crippen molar-refractivity contribution < 1.29 is 14.7 Å². The molecule has 4 heteroatoms. The maximum absolute atomic E-state index is 11.9. The third-order valence-corrected chi connectivity index (χ3v) is 2.69. The van der Waals surface area contributed by atoms with Crippen LogP contribution in [0.1, 0.15) is 28.0 Å². The van der Waals surface area contributed by atoms with Crippen LogP contribution in [0.25, 0.3) is 10.9 Å². The second-order valence-corrected chi connectivity index (χ2v) is 3.81. The van der Waals surface area contributed by atoms with Gasteiger partial charge < -0.3 is 5.11 Å². The van der Waals surface area contributed by atoms with E-state index in [9.17, 15) is 9.59 Å². The van der Waals surface area contributed by atoms with E-state index in [4.69, 9.17) is 5.11 Å². The molecule has 1 aromatic carbocycles. The Bertz CT molecular complexity index is 557. The van der Waals surface area contributed by atoms with Crippen molar-refractivity contribution in [2.75, 3.05) is 6.61 Å². The van der Waals surface area contributed by atoms with Crippen LogP contribution in [0, 0.1) is 0 Å². The van der Waals surface area contributed by atoms with Gasteiger partial charge in [-0.15, -0.1) is 0 Å². The Balaban J connectivity index is 2.47. The summed E-state index contributed by atoms with van der Waals surface area (Å²) in [6, 6.07) is 7.28. The van der Waals surface area contributed by atoms with Crippen LogP contribution in [0.3, 0.4) is 0 Å². The van der Waals surface area contributed by atoms with Gasteiger partial charge >= 0.3 is 0 Å². The number of aldehydes is 1. The van der Waals surface area contributed by atoms with Gasteiger partial charge in [-0.1, -0.05) is 18.2 Å². The number of para-hydroxylation sites is 1. The first-order valence-corrected chi connectivity index (χ1v) is 5.47. The summed E-state index contributed by atoms with van der Waals surface area (Å²) in [5.41, 5.74) is 1.25. The molecule has 2 aromatic rings. The molecule has 0 atom stereocenters. The molecule has 0 radical (unpaired) electrons. The minimum absolute atomic E-state index is 0.00845. The number of carbonyl (C=O) groups excluding carboxylic acids is 2. The van der Waals surface area contributed by atoms with E-state index in [1.54, 1.807) is 12.3 Å². The van der Waals surface area contributed by atoms with Crippen molar-refractivity contribution in [1.82, 2.24) is 4.57 Å². The standard InChI is InChI=1S/C13H13NO3/c15-7-3-6-13(17)14-8-10(9-16)11-4-1-2-5-12(11)14/h1-2,4-5,8-9,15H,3,6-7H2. The van der Waals surface area contributed by atoms with Crippen molar-refractivity contribution in [2.24, 2.45) is 0 Å². The van der Waals surface area contributed by atoms with Gasteiger partial charge in [-0.3, -0.25) is 14.2 Å². The summed E-state index contributed by atoms with van der Waals surface area (Å²) >= 11 is 0. The van der Waals surface area contributed by atoms with Crippen molar-refractivity contribution >= 4 is 23.1 Å². The molecule has 0 spiro atoms. The highest BCUT2D eigenvalue weighted by Crippen LogP contribution is 2.20. The molecule has 1 heterocycles. The van der Waals surface area contributed by atoms with Gasteiger partial charge in [-0.05, 0) is 12.5 Å². The van der Waals surface area contributed by atoms with Crippen LogP contribution in [0.2, 0.25) is 0 Å². The number of aromatic nitrogens is 1. The molecule has 0 unspecified atom stereocenters. The van der Waals surface area contributed by atoms with Crippen molar-refractivity contribution in [3.05, 3.63) is 36.0 Å². The third kappa shape index (κ3) is 2.12. The minimum atomic E-state index is -0.108. The Morgan fingerprint density at radius 2 is 2.12 bits per heavy atom. The molecule has 1 N–H and O–H groups in total. The topological polar surface area (TPSA) is 59.3 Å². The van der Waals surface area contributed by atoms with E-state index in [0.717, 1.165) is 17.2 Å². The van der Waals surface area contributed by atoms with Gasteiger partial charge in [-0.2, -0.15) is 0 Å². The number of fused-ring (bicyclic) bond motifs is 1. The second kappa shape index (κ2) is 4.93. The predicted molar refractivity (Wildman–Crippen MR) is 64.3 cm³/mol. The SMILES string of the molecule is O=Cc1cn(C(=O)CCCO)c2ccccc12. The molecule has 0 aliphatic heterocycles. The summed E-state index contributed by atoms with van der Waals surface area (Å²) < 4.78 is 1.48. The number of benzene rings is 1. The van der Waals surface area contributed by atoms with Crippen molar-refractivity contribution in [3.8, 4) is 0 Å². The van der Waals surface area contributed by atoms with E-state index >= 15 is 0 Å². The quantitative estimate of drug-likeness (QED) is 0.817. The smallest absolute Gasteiger partial charge is 0.231 e. The highest BCUT2D eigenvalue weighted by Gasteiger charge is 2.12. The lowest BCUT2D eigenvalue weighted by atomic mass is 10.2. The van der Waals surface area contributed by atoms with Gasteiger partial charge in [0.15, 0.2) is 6.29 Å². The van der Waals surface area contributed by atoms with Gasteiger partial charge in [0.25, 0.3) is 0 Å². The Kier molecular flexibility index (Phi) is 3.35. The van der Waals surface area contributed by atoms with Crippen LogP contribution in [0.15, 0.2) is 30.5 Å². The second-order valence-electron chi connectivity index (χ2n) is 3.81. The highest BCUT2D eigenvalue weighted by molar-refractivity contribution is 6.02. The molecule has 88 valence electrons. The minimum Gasteiger partial charge on any atom is -0.396 e. The maximum Gasteiger partial charge on any atom is 0.231 e. The molecule has 0 amide bonds. The zero-order chi connectivity index (χ0) is 12.3. The molecule has 4 nitrogen and oxygen atoms in total. The van der Waals surface area contributed by atoms with Crippen molar-refractivity contribution in [2.45, 2.75) is 12.8 Å². The largest absolute Gasteiger partial charge is 0.396 e. The average Bonchev–Trinajstić information content (AvgIpc) is 2.75. The summed E-state index contributed by atoms with van der Waals surface area (Å²) in [5.74, 6) is -0.108. The third-order valence-electron chi connectivity index (χ3n) is 2.69. The monoisotopic (exact) mass is 231 g/mol. The summed E-state index contributed by atoms with van der Waals surface area (Å²) in [6.45, 7) is -0.00845. The first-order valence-electron chi connectivity index (χ1n) is 5.47. The predicted octanol–water partition coefficient (Wildman–Crippen LogP) is 1.87. The highest BCUT2D eigenvalue weighted by atomic mass is 16.3. The summed E-state index contributed by atoms with van der Waals surface area (Å²) in [4.78, 5) is 22.8. The van der Waals surface area contributed by atoms with Gasteiger partial charge in [0.05, 0.1) is 5.52 Å². The first kappa shape index (κ1) is 11.5. The van der Waals surface area contributed by atoms with Crippen LogP contribution in [-0.2, 0) is 0 Å². The Morgan fingerprint density at radius 3 is 2.82 bits per heavy atom. The summed E-state index contributed by atoms with van der Waals surface area (Å²) in [6.07, 6.45) is 3.00. The molecule has 0 bridgehead atoms. The number of aliphatic hydroxyl groups excluding tert-OH is 1. The van der Waals surface area contributed by atoms with Crippen LogP contribution in [0.4, 0.5) is 0 Å². The van der Waals surface area contributed by atoms with E-state index < -0.39 is 0 Å². The maximum atomic E-state index is 11.9. The fourth-order valence-electron chi connectivity index (χ4n) is 1.86. The van der Waals surface area contributed by atoms with Gasteiger partial charge in [0, 0.05) is 30.2 Å². The Morgan fingerprint density at radius 1 is 1.35 bits per heavy atom. The number of nitrogens with zero attached hydrogens (tertiary/aromatic N) is 1. The fraction of sp³-hybridized carbons (Fsp3) is 0.231. The molecular formula is C13H13NO3. The van der Waals surface area contributed by atoms with Crippen molar-refractivity contribution in [3.63, 3.8) is 0 Å². The number of hydrogen-bond acceptors (Lipinski definition) is 3. The number of hydrogen-bond donors (Lipinski definition) is 1. The van der Waals surface area contributed by atoms with E-state index in [-0.39, 0.29) is 18.9 Å². The zero-order valence-electron chi connectivity index (χ0n) is 9.30. The molecule has 1 aromatic heterocycles. The van der Waals surface area contributed by atoms with Gasteiger partial charge in [0.2, 0.25) is 5.91 Å². The number of carbonyl (C=O) groups is 2. The van der Waals surface area contributed by atoms with Crippen LogP contribution in [-0.4, -0.2) is 28.5 Å². The number of rotatable bonds is 4. The molecule has 0 aliphatic rings. The van der Waals surface area contributed by atoms with E-state index in [2.05, 4.69) is 0 Å². The van der Waals surface area contributed by atoms with Crippen LogP contribution in [0.5, 0.6) is 0 Å². The molecule has 2 rings (SSSR count). The summed E-state index contributed by atoms with van der Waals surface area (Å²) in [5, 5.41) is 9.49. The fourth-order valence-corrected chi connectivity index (χ4v) is 1.86. The Labute approximate surface area is 98.5 Å². The van der Waals surface area contributed by atoms with E-state index in [0.29, 0.717) is 12.0 Å². The lowest BCUT2D eigenvalue weighted by Crippen LogP contribution is -2.09. The lowest BCUT2D eigenvalue weighted by Gasteiger charge is -2.02. The molecule has 0 aliphatic carbocycles. The molecule has 0 saturated carbocycles. The number of aliphatic hydroxyl groups is 1.